The number of benzene rings is 1. The monoisotopic (exact) mass is 290 g/mol. The molecule has 0 saturated heterocycles. The van der Waals surface area contributed by atoms with Crippen molar-refractivity contribution >= 4 is 22.1 Å². The van der Waals surface area contributed by atoms with E-state index in [1.54, 1.807) is 0 Å². The number of aromatic nitrogens is 2. The van der Waals surface area contributed by atoms with Crippen LogP contribution in [-0.2, 0) is 6.61 Å². The molecule has 102 valence electrons. The van der Waals surface area contributed by atoms with Gasteiger partial charge in [0.1, 0.15) is 18.2 Å². The standard InChI is InChI=1S/C14H11FN2O2S/c1-9(18)12-6-10(15)2-3-13(12)19-8-11-7-17-4-5-20-14(17)16-11/h2-7H,8H2,1H3. The number of hydrogen-bond donors (Lipinski definition) is 0. The molecule has 0 amide bonds. The van der Waals surface area contributed by atoms with Gasteiger partial charge in [0, 0.05) is 17.8 Å². The maximum atomic E-state index is 13.1. The Bertz CT molecular complexity index is 750. The lowest BCUT2D eigenvalue weighted by Crippen LogP contribution is -2.02. The summed E-state index contributed by atoms with van der Waals surface area (Å²) in [5.41, 5.74) is 1.00. The van der Waals surface area contributed by atoms with Gasteiger partial charge in [-0.1, -0.05) is 0 Å². The minimum Gasteiger partial charge on any atom is -0.486 e. The number of imidazole rings is 1. The van der Waals surface area contributed by atoms with Crippen LogP contribution < -0.4 is 4.74 Å². The van der Waals surface area contributed by atoms with Crippen molar-refractivity contribution in [1.29, 1.82) is 0 Å². The van der Waals surface area contributed by atoms with Crippen LogP contribution in [-0.4, -0.2) is 15.2 Å². The van der Waals surface area contributed by atoms with Gasteiger partial charge in [-0.25, -0.2) is 9.37 Å². The quantitative estimate of drug-likeness (QED) is 0.692. The molecular weight excluding hydrogens is 279 g/mol. The molecule has 0 radical (unpaired) electrons. The number of hydrogen-bond acceptors (Lipinski definition) is 4. The zero-order chi connectivity index (χ0) is 14.1. The lowest BCUT2D eigenvalue weighted by atomic mass is 10.1. The van der Waals surface area contributed by atoms with Crippen LogP contribution in [0.25, 0.3) is 4.96 Å². The maximum absolute atomic E-state index is 13.1. The molecule has 6 heteroatoms. The Morgan fingerprint density at radius 2 is 2.35 bits per heavy atom. The van der Waals surface area contributed by atoms with E-state index in [1.807, 2.05) is 22.2 Å². The van der Waals surface area contributed by atoms with Crippen molar-refractivity contribution in [1.82, 2.24) is 9.38 Å². The van der Waals surface area contributed by atoms with Crippen LogP contribution in [0.2, 0.25) is 0 Å². The minimum absolute atomic E-state index is 0.231. The van der Waals surface area contributed by atoms with Crippen LogP contribution in [0, 0.1) is 5.82 Å². The number of thiazole rings is 1. The fourth-order valence-corrected chi connectivity index (χ4v) is 2.62. The summed E-state index contributed by atoms with van der Waals surface area (Å²) in [7, 11) is 0. The molecule has 0 N–H and O–H groups in total. The van der Waals surface area contributed by atoms with Gasteiger partial charge in [0.15, 0.2) is 10.7 Å². The summed E-state index contributed by atoms with van der Waals surface area (Å²) in [4.78, 5) is 16.7. The summed E-state index contributed by atoms with van der Waals surface area (Å²) in [6, 6.07) is 3.92. The first kappa shape index (κ1) is 12.8. The predicted octanol–water partition coefficient (Wildman–Crippen LogP) is 3.32. The molecule has 0 aliphatic rings. The van der Waals surface area contributed by atoms with E-state index in [1.165, 1.54) is 36.5 Å². The number of ketones is 1. The molecule has 0 aliphatic heterocycles. The molecule has 2 heterocycles. The lowest BCUT2D eigenvalue weighted by Gasteiger charge is -2.08. The molecule has 0 unspecified atom stereocenters. The number of nitrogens with zero attached hydrogens (tertiary/aromatic N) is 2. The first-order valence-corrected chi connectivity index (χ1v) is 6.86. The molecule has 1 aromatic carbocycles. The maximum Gasteiger partial charge on any atom is 0.193 e. The van der Waals surface area contributed by atoms with E-state index in [9.17, 15) is 9.18 Å². The molecular formula is C14H11FN2O2S. The van der Waals surface area contributed by atoms with E-state index in [0.29, 0.717) is 5.75 Å². The van der Waals surface area contributed by atoms with Crippen LogP contribution >= 0.6 is 11.3 Å². The number of halogens is 1. The minimum atomic E-state index is -0.454. The number of carbonyl (C=O) groups excluding carboxylic acids is 1. The van der Waals surface area contributed by atoms with Crippen LogP contribution in [0.1, 0.15) is 23.0 Å². The van der Waals surface area contributed by atoms with Gasteiger partial charge in [-0.15, -0.1) is 11.3 Å². The molecule has 0 fully saturated rings. The van der Waals surface area contributed by atoms with E-state index in [0.717, 1.165) is 10.7 Å². The molecule has 0 atom stereocenters. The van der Waals surface area contributed by atoms with E-state index >= 15 is 0 Å². The Labute approximate surface area is 118 Å². The summed E-state index contributed by atoms with van der Waals surface area (Å²) in [5.74, 6) is -0.314. The van der Waals surface area contributed by atoms with E-state index in [2.05, 4.69) is 4.98 Å². The van der Waals surface area contributed by atoms with E-state index < -0.39 is 5.82 Å². The highest BCUT2D eigenvalue weighted by atomic mass is 32.1. The van der Waals surface area contributed by atoms with Crippen molar-refractivity contribution in [2.24, 2.45) is 0 Å². The molecule has 0 saturated carbocycles. The summed E-state index contributed by atoms with van der Waals surface area (Å²) in [5, 5.41) is 1.95. The summed E-state index contributed by atoms with van der Waals surface area (Å²) in [6.07, 6.45) is 3.78. The summed E-state index contributed by atoms with van der Waals surface area (Å²) in [6.45, 7) is 1.62. The highest BCUT2D eigenvalue weighted by molar-refractivity contribution is 7.15. The number of rotatable bonds is 4. The van der Waals surface area contributed by atoms with Crippen LogP contribution in [0.5, 0.6) is 5.75 Å². The smallest absolute Gasteiger partial charge is 0.193 e. The second-order valence-corrected chi connectivity index (χ2v) is 5.18. The van der Waals surface area contributed by atoms with Crippen LogP contribution in [0.15, 0.2) is 36.0 Å². The van der Waals surface area contributed by atoms with Gasteiger partial charge in [0.2, 0.25) is 0 Å². The Morgan fingerprint density at radius 3 is 3.10 bits per heavy atom. The molecule has 4 nitrogen and oxygen atoms in total. The molecule has 0 aliphatic carbocycles. The normalized spacial score (nSPS) is 10.9. The van der Waals surface area contributed by atoms with Gasteiger partial charge >= 0.3 is 0 Å². The zero-order valence-corrected chi connectivity index (χ0v) is 11.5. The van der Waals surface area contributed by atoms with Crippen LogP contribution in [0.4, 0.5) is 4.39 Å². The molecule has 3 aromatic rings. The van der Waals surface area contributed by atoms with Crippen molar-refractivity contribution in [3.63, 3.8) is 0 Å². The Hall–Kier alpha value is -2.21. The predicted molar refractivity (Wildman–Crippen MR) is 73.8 cm³/mol. The second-order valence-electron chi connectivity index (χ2n) is 4.31. The zero-order valence-electron chi connectivity index (χ0n) is 10.7. The largest absolute Gasteiger partial charge is 0.486 e. The Morgan fingerprint density at radius 1 is 1.50 bits per heavy atom. The number of Topliss-reactive ketones (excluding diaryl/α,β-unsaturated/α-hetero) is 1. The number of fused-ring (bicyclic) bond motifs is 1. The van der Waals surface area contributed by atoms with Gasteiger partial charge in [-0.3, -0.25) is 9.20 Å². The van der Waals surface area contributed by atoms with Crippen molar-refractivity contribution in [2.75, 3.05) is 0 Å². The topological polar surface area (TPSA) is 43.6 Å². The average Bonchev–Trinajstić information content (AvgIpc) is 2.97. The molecule has 0 bridgehead atoms. The van der Waals surface area contributed by atoms with Gasteiger partial charge < -0.3 is 4.74 Å². The highest BCUT2D eigenvalue weighted by Gasteiger charge is 2.11. The fourth-order valence-electron chi connectivity index (χ4n) is 1.90. The average molecular weight is 290 g/mol. The van der Waals surface area contributed by atoms with E-state index in [-0.39, 0.29) is 18.0 Å². The first-order valence-electron chi connectivity index (χ1n) is 5.98. The molecule has 3 rings (SSSR count). The lowest BCUT2D eigenvalue weighted by molar-refractivity contribution is 0.101. The van der Waals surface area contributed by atoms with Crippen molar-refractivity contribution in [2.45, 2.75) is 13.5 Å². The fraction of sp³-hybridized carbons (Fsp3) is 0.143. The second kappa shape index (κ2) is 5.05. The van der Waals surface area contributed by atoms with Gasteiger partial charge in [-0.05, 0) is 25.1 Å². The third-order valence-corrected chi connectivity index (χ3v) is 3.61. The number of carbonyl (C=O) groups is 1. The van der Waals surface area contributed by atoms with Crippen molar-refractivity contribution in [3.05, 3.63) is 53.0 Å². The Kier molecular flexibility index (Phi) is 3.23. The van der Waals surface area contributed by atoms with E-state index in [4.69, 9.17) is 4.74 Å². The third-order valence-electron chi connectivity index (χ3n) is 2.84. The summed E-state index contributed by atoms with van der Waals surface area (Å²) >= 11 is 1.53. The van der Waals surface area contributed by atoms with Crippen LogP contribution in [0.3, 0.4) is 0 Å². The Balaban J connectivity index is 1.81. The highest BCUT2D eigenvalue weighted by Crippen LogP contribution is 2.22. The van der Waals surface area contributed by atoms with Gasteiger partial charge in [0.25, 0.3) is 0 Å². The molecule has 0 spiro atoms. The SMILES string of the molecule is CC(=O)c1cc(F)ccc1OCc1cn2ccsc2n1. The summed E-state index contributed by atoms with van der Waals surface area (Å²) < 4.78 is 20.6. The third kappa shape index (κ3) is 2.42. The van der Waals surface area contributed by atoms with Crippen molar-refractivity contribution in [3.8, 4) is 5.75 Å². The molecule has 20 heavy (non-hydrogen) atoms. The number of ether oxygens (including phenoxy) is 1. The van der Waals surface area contributed by atoms with Gasteiger partial charge in [-0.2, -0.15) is 0 Å². The first-order chi connectivity index (χ1) is 9.63. The molecule has 2 aromatic heterocycles. The van der Waals surface area contributed by atoms with Crippen molar-refractivity contribution < 1.29 is 13.9 Å². The van der Waals surface area contributed by atoms with Gasteiger partial charge in [0.05, 0.1) is 11.3 Å².